The lowest BCUT2D eigenvalue weighted by molar-refractivity contribution is 1.06. The largest absolute Gasteiger partial charge is 0.226 e. The lowest BCUT2D eigenvalue weighted by Gasteiger charge is -2.39. The fourth-order valence-electron chi connectivity index (χ4n) is 5.30. The first-order chi connectivity index (χ1) is 18.7. The van der Waals surface area contributed by atoms with Crippen molar-refractivity contribution in [3.05, 3.63) is 139 Å². The van der Waals surface area contributed by atoms with Gasteiger partial charge in [-0.3, -0.25) is 0 Å². The first-order valence-corrected chi connectivity index (χ1v) is 14.4. The van der Waals surface area contributed by atoms with E-state index in [1.807, 2.05) is 30.3 Å². The monoisotopic (exact) mass is 527 g/mol. The van der Waals surface area contributed by atoms with E-state index in [4.69, 9.17) is 16.6 Å². The highest BCUT2D eigenvalue weighted by molar-refractivity contribution is 8.34. The van der Waals surface area contributed by atoms with Gasteiger partial charge in [-0.15, -0.1) is 10.0 Å². The van der Waals surface area contributed by atoms with E-state index < -0.39 is 10.0 Å². The van der Waals surface area contributed by atoms with Gasteiger partial charge in [0, 0.05) is 30.7 Å². The molecule has 5 heteroatoms. The van der Waals surface area contributed by atoms with Crippen molar-refractivity contribution in [2.24, 2.45) is 0 Å². The van der Waals surface area contributed by atoms with Crippen LogP contribution in [0.25, 0.3) is 33.9 Å². The quantitative estimate of drug-likeness (QED) is 0.229. The Balaban J connectivity index is 1.51. The fourth-order valence-corrected chi connectivity index (χ4v) is 9.72. The van der Waals surface area contributed by atoms with Crippen LogP contribution in [0.4, 0.5) is 0 Å². The molecular formula is C33H22ClN3S. The van der Waals surface area contributed by atoms with E-state index in [-0.39, 0.29) is 5.28 Å². The van der Waals surface area contributed by atoms with Gasteiger partial charge in [-0.05, 0) is 59.1 Å². The molecule has 1 aliphatic heterocycles. The summed E-state index contributed by atoms with van der Waals surface area (Å²) >= 11 is 6.43. The van der Waals surface area contributed by atoms with Crippen LogP contribution in [0.2, 0.25) is 5.28 Å². The third-order valence-corrected chi connectivity index (χ3v) is 11.1. The van der Waals surface area contributed by atoms with Crippen LogP contribution >= 0.6 is 21.6 Å². The second kappa shape index (κ2) is 9.25. The highest BCUT2D eigenvalue weighted by atomic mass is 35.5. The van der Waals surface area contributed by atoms with E-state index in [1.165, 1.54) is 30.7 Å². The van der Waals surface area contributed by atoms with Crippen LogP contribution in [-0.4, -0.2) is 15.0 Å². The lowest BCUT2D eigenvalue weighted by atomic mass is 10.0. The molecule has 0 bridgehead atoms. The minimum atomic E-state index is -1.74. The van der Waals surface area contributed by atoms with E-state index >= 15 is 0 Å². The van der Waals surface area contributed by atoms with Crippen molar-refractivity contribution < 1.29 is 0 Å². The van der Waals surface area contributed by atoms with Gasteiger partial charge in [-0.1, -0.05) is 97.1 Å². The summed E-state index contributed by atoms with van der Waals surface area (Å²) in [6, 6.07) is 47.0. The molecule has 0 spiro atoms. The molecule has 5 aromatic carbocycles. The van der Waals surface area contributed by atoms with E-state index in [2.05, 4.69) is 113 Å². The second-order valence-corrected chi connectivity index (χ2v) is 12.4. The normalized spacial score (nSPS) is 13.9. The van der Waals surface area contributed by atoms with E-state index in [0.29, 0.717) is 11.6 Å². The summed E-state index contributed by atoms with van der Waals surface area (Å²) < 4.78 is 0. The summed E-state index contributed by atoms with van der Waals surface area (Å²) in [5.74, 6) is 1.13. The Morgan fingerprint density at radius 2 is 0.974 bits per heavy atom. The van der Waals surface area contributed by atoms with Crippen molar-refractivity contribution >= 4 is 21.6 Å². The van der Waals surface area contributed by atoms with Crippen molar-refractivity contribution in [2.75, 3.05) is 0 Å². The van der Waals surface area contributed by atoms with Crippen molar-refractivity contribution in [2.45, 2.75) is 19.6 Å². The zero-order chi connectivity index (χ0) is 25.5. The number of hydrogen-bond donors (Lipinski definition) is 0. The molecular weight excluding hydrogens is 506 g/mol. The zero-order valence-corrected chi connectivity index (χ0v) is 21.9. The van der Waals surface area contributed by atoms with Gasteiger partial charge in [-0.2, -0.15) is 9.97 Å². The first-order valence-electron chi connectivity index (χ1n) is 12.4. The number of rotatable bonds is 4. The van der Waals surface area contributed by atoms with Gasteiger partial charge in [0.05, 0.1) is 0 Å². The molecule has 0 unspecified atom stereocenters. The molecule has 7 rings (SSSR count). The number of aromatic nitrogens is 3. The standard InChI is InChI=1S/C33H22ClN3S/c34-33-36-31(23-12-4-1-5-13-23)35-32(37-33)24-20-21-28-27-18-10-11-19-29(27)38(30(28)22-24,25-14-6-2-7-15-25)26-16-8-3-9-17-26/h1-22H. The van der Waals surface area contributed by atoms with Crippen LogP contribution in [0.15, 0.2) is 153 Å². The van der Waals surface area contributed by atoms with E-state index in [1.54, 1.807) is 0 Å². The summed E-state index contributed by atoms with van der Waals surface area (Å²) in [6.45, 7) is 0. The topological polar surface area (TPSA) is 38.7 Å². The van der Waals surface area contributed by atoms with Gasteiger partial charge in [0.1, 0.15) is 0 Å². The van der Waals surface area contributed by atoms with Crippen LogP contribution in [-0.2, 0) is 0 Å². The Kier molecular flexibility index (Phi) is 5.58. The molecule has 0 fully saturated rings. The minimum Gasteiger partial charge on any atom is -0.208 e. The Morgan fingerprint density at radius 3 is 1.63 bits per heavy atom. The average molecular weight is 528 g/mol. The summed E-state index contributed by atoms with van der Waals surface area (Å²) in [6.07, 6.45) is 0. The number of benzene rings is 5. The van der Waals surface area contributed by atoms with E-state index in [0.717, 1.165) is 11.1 Å². The second-order valence-electron chi connectivity index (χ2n) is 9.06. The molecule has 0 saturated heterocycles. The predicted octanol–water partition coefficient (Wildman–Crippen LogP) is 9.18. The van der Waals surface area contributed by atoms with Gasteiger partial charge in [-0.25, -0.2) is 4.98 Å². The van der Waals surface area contributed by atoms with Crippen LogP contribution < -0.4 is 0 Å². The van der Waals surface area contributed by atoms with Crippen molar-refractivity contribution in [1.29, 1.82) is 0 Å². The van der Waals surface area contributed by atoms with Gasteiger partial charge in [0.2, 0.25) is 5.28 Å². The Labute approximate surface area is 228 Å². The molecule has 0 saturated carbocycles. The van der Waals surface area contributed by atoms with Gasteiger partial charge in [0.15, 0.2) is 11.6 Å². The molecule has 6 aromatic rings. The van der Waals surface area contributed by atoms with Gasteiger partial charge >= 0.3 is 0 Å². The lowest BCUT2D eigenvalue weighted by Crippen LogP contribution is -2.02. The SMILES string of the molecule is Clc1nc(-c2ccccc2)nc(-c2ccc3c(c2)S(c2ccccc2)(c2ccccc2)c2ccccc2-3)n1. The number of hydrogen-bond acceptors (Lipinski definition) is 3. The van der Waals surface area contributed by atoms with Crippen LogP contribution in [0, 0.1) is 0 Å². The van der Waals surface area contributed by atoms with Crippen molar-refractivity contribution in [3.8, 4) is 33.9 Å². The van der Waals surface area contributed by atoms with Crippen molar-refractivity contribution in [3.63, 3.8) is 0 Å². The predicted molar refractivity (Wildman–Crippen MR) is 155 cm³/mol. The van der Waals surface area contributed by atoms with E-state index in [9.17, 15) is 0 Å². The summed E-state index contributed by atoms with van der Waals surface area (Å²) in [4.78, 5) is 19.0. The third-order valence-electron chi connectivity index (χ3n) is 6.91. The third kappa shape index (κ3) is 3.57. The maximum absolute atomic E-state index is 6.43. The smallest absolute Gasteiger partial charge is 0.208 e. The number of halogens is 1. The van der Waals surface area contributed by atoms with Crippen LogP contribution in [0.3, 0.4) is 0 Å². The van der Waals surface area contributed by atoms with Gasteiger partial charge < -0.3 is 0 Å². The maximum Gasteiger partial charge on any atom is 0.226 e. The van der Waals surface area contributed by atoms with Crippen molar-refractivity contribution in [1.82, 2.24) is 15.0 Å². The molecule has 1 aromatic heterocycles. The molecule has 38 heavy (non-hydrogen) atoms. The Morgan fingerprint density at radius 1 is 0.447 bits per heavy atom. The summed E-state index contributed by atoms with van der Waals surface area (Å²) in [7, 11) is -1.74. The Bertz CT molecular complexity index is 1730. The minimum absolute atomic E-state index is 0.183. The zero-order valence-electron chi connectivity index (χ0n) is 20.3. The highest BCUT2D eigenvalue weighted by Gasteiger charge is 2.42. The molecule has 3 nitrogen and oxygen atoms in total. The maximum atomic E-state index is 6.43. The average Bonchev–Trinajstić information content (AvgIpc) is 3.29. The molecule has 1 aliphatic rings. The molecule has 0 radical (unpaired) electrons. The molecule has 0 amide bonds. The summed E-state index contributed by atoms with van der Waals surface area (Å²) in [5.41, 5.74) is 4.34. The number of fused-ring (bicyclic) bond motifs is 3. The Hall–Kier alpha value is -4.25. The van der Waals surface area contributed by atoms with Crippen LogP contribution in [0.1, 0.15) is 0 Å². The molecule has 182 valence electrons. The molecule has 0 atom stereocenters. The fraction of sp³-hybridized carbons (Fsp3) is 0. The number of nitrogens with zero attached hydrogens (tertiary/aromatic N) is 3. The highest BCUT2D eigenvalue weighted by Crippen LogP contribution is 2.80. The molecule has 0 N–H and O–H groups in total. The van der Waals surface area contributed by atoms with Crippen LogP contribution in [0.5, 0.6) is 0 Å². The van der Waals surface area contributed by atoms with Gasteiger partial charge in [0.25, 0.3) is 0 Å². The summed E-state index contributed by atoms with van der Waals surface area (Å²) in [5, 5.41) is 0.183. The molecule has 2 heterocycles. The molecule has 0 aliphatic carbocycles. The first kappa shape index (κ1) is 22.9.